The van der Waals surface area contributed by atoms with E-state index in [0.717, 1.165) is 17.2 Å². The number of anilines is 1. The molecule has 1 aromatic carbocycles. The first-order valence-electron chi connectivity index (χ1n) is 6.22. The maximum Gasteiger partial charge on any atom is 0.162 e. The van der Waals surface area contributed by atoms with Crippen LogP contribution in [0.2, 0.25) is 0 Å². The minimum Gasteiger partial charge on any atom is -0.493 e. The van der Waals surface area contributed by atoms with Gasteiger partial charge in [-0.15, -0.1) is 0 Å². The van der Waals surface area contributed by atoms with Crippen LogP contribution >= 0.6 is 0 Å². The number of hydrogen-bond donors (Lipinski definition) is 1. The molecule has 1 rings (SSSR count). The summed E-state index contributed by atoms with van der Waals surface area (Å²) < 4.78 is 16.1. The molecule has 4 nitrogen and oxygen atoms in total. The molecule has 102 valence electrons. The zero-order chi connectivity index (χ0) is 13.5. The highest BCUT2D eigenvalue weighted by Crippen LogP contribution is 2.30. The Labute approximate surface area is 109 Å². The van der Waals surface area contributed by atoms with Crippen LogP contribution in [-0.2, 0) is 4.74 Å². The van der Waals surface area contributed by atoms with Gasteiger partial charge in [-0.2, -0.15) is 0 Å². The Morgan fingerprint density at radius 1 is 1.17 bits per heavy atom. The van der Waals surface area contributed by atoms with Gasteiger partial charge in [-0.1, -0.05) is 0 Å². The van der Waals surface area contributed by atoms with E-state index in [2.05, 4.69) is 12.2 Å². The summed E-state index contributed by atoms with van der Waals surface area (Å²) in [6.45, 7) is 6.69. The van der Waals surface area contributed by atoms with Gasteiger partial charge in [0.25, 0.3) is 0 Å². The van der Waals surface area contributed by atoms with Gasteiger partial charge in [-0.05, 0) is 32.9 Å². The molecule has 1 aromatic rings. The highest BCUT2D eigenvalue weighted by molar-refractivity contribution is 5.55. The predicted octanol–water partition coefficient (Wildman–Crippen LogP) is 2.93. The summed E-state index contributed by atoms with van der Waals surface area (Å²) in [5.41, 5.74) is 0.992. The third kappa shape index (κ3) is 3.81. The van der Waals surface area contributed by atoms with Crippen molar-refractivity contribution in [1.29, 1.82) is 0 Å². The Balaban J connectivity index is 2.79. The van der Waals surface area contributed by atoms with Crippen molar-refractivity contribution in [3.63, 3.8) is 0 Å². The molecule has 2 unspecified atom stereocenters. The van der Waals surface area contributed by atoms with Gasteiger partial charge in [-0.25, -0.2) is 0 Å². The average Bonchev–Trinajstić information content (AvgIpc) is 2.39. The Bertz CT molecular complexity index is 368. The molecule has 0 fully saturated rings. The Morgan fingerprint density at radius 2 is 1.89 bits per heavy atom. The fraction of sp³-hybridized carbons (Fsp3) is 0.571. The van der Waals surface area contributed by atoms with Crippen LogP contribution in [0.15, 0.2) is 18.2 Å². The van der Waals surface area contributed by atoms with Gasteiger partial charge in [0, 0.05) is 24.9 Å². The monoisotopic (exact) mass is 253 g/mol. The molecule has 4 heteroatoms. The van der Waals surface area contributed by atoms with Gasteiger partial charge >= 0.3 is 0 Å². The predicted molar refractivity (Wildman–Crippen MR) is 73.7 cm³/mol. The molecular formula is C14H23NO3. The van der Waals surface area contributed by atoms with Gasteiger partial charge in [0.2, 0.25) is 0 Å². The minimum atomic E-state index is 0.141. The van der Waals surface area contributed by atoms with E-state index in [0.29, 0.717) is 6.61 Å². The lowest BCUT2D eigenvalue weighted by Crippen LogP contribution is -2.29. The Hall–Kier alpha value is -1.42. The molecule has 0 spiro atoms. The van der Waals surface area contributed by atoms with Crippen LogP contribution in [0.25, 0.3) is 0 Å². The minimum absolute atomic E-state index is 0.141. The zero-order valence-corrected chi connectivity index (χ0v) is 11.8. The van der Waals surface area contributed by atoms with E-state index in [1.54, 1.807) is 14.2 Å². The third-order valence-corrected chi connectivity index (χ3v) is 2.93. The first-order chi connectivity index (χ1) is 8.62. The molecule has 2 atom stereocenters. The van der Waals surface area contributed by atoms with Crippen LogP contribution in [0.4, 0.5) is 5.69 Å². The summed E-state index contributed by atoms with van der Waals surface area (Å²) in [5, 5.41) is 3.38. The van der Waals surface area contributed by atoms with Crippen molar-refractivity contribution < 1.29 is 14.2 Å². The molecule has 0 heterocycles. The lowest BCUT2D eigenvalue weighted by molar-refractivity contribution is 0.106. The number of methoxy groups -OCH3 is 2. The first-order valence-corrected chi connectivity index (χ1v) is 6.22. The summed E-state index contributed by atoms with van der Waals surface area (Å²) in [6.07, 6.45) is 0.141. The number of benzene rings is 1. The summed E-state index contributed by atoms with van der Waals surface area (Å²) >= 11 is 0. The molecule has 0 saturated heterocycles. The fourth-order valence-corrected chi connectivity index (χ4v) is 1.62. The van der Waals surface area contributed by atoms with Crippen LogP contribution in [0.1, 0.15) is 20.8 Å². The van der Waals surface area contributed by atoms with Crippen LogP contribution < -0.4 is 14.8 Å². The summed E-state index contributed by atoms with van der Waals surface area (Å²) in [5.74, 6) is 1.50. The largest absolute Gasteiger partial charge is 0.493 e. The van der Waals surface area contributed by atoms with Crippen molar-refractivity contribution in [2.24, 2.45) is 0 Å². The second-order valence-electron chi connectivity index (χ2n) is 4.17. The van der Waals surface area contributed by atoms with E-state index in [4.69, 9.17) is 14.2 Å². The SMILES string of the molecule is CCOc1ccc(NC(C)C(C)OC)cc1OC. The van der Waals surface area contributed by atoms with E-state index < -0.39 is 0 Å². The fourth-order valence-electron chi connectivity index (χ4n) is 1.62. The first kappa shape index (κ1) is 14.6. The highest BCUT2D eigenvalue weighted by Gasteiger charge is 2.12. The summed E-state index contributed by atoms with van der Waals surface area (Å²) in [7, 11) is 3.35. The lowest BCUT2D eigenvalue weighted by atomic mass is 10.2. The van der Waals surface area contributed by atoms with Crippen molar-refractivity contribution in [3.05, 3.63) is 18.2 Å². The van der Waals surface area contributed by atoms with Crippen molar-refractivity contribution in [3.8, 4) is 11.5 Å². The highest BCUT2D eigenvalue weighted by atomic mass is 16.5. The van der Waals surface area contributed by atoms with Crippen molar-refractivity contribution >= 4 is 5.69 Å². The van der Waals surface area contributed by atoms with Crippen LogP contribution in [-0.4, -0.2) is 33.0 Å². The van der Waals surface area contributed by atoms with Crippen LogP contribution in [0, 0.1) is 0 Å². The quantitative estimate of drug-likeness (QED) is 0.811. The number of ether oxygens (including phenoxy) is 3. The summed E-state index contributed by atoms with van der Waals surface area (Å²) in [6, 6.07) is 6.04. The lowest BCUT2D eigenvalue weighted by Gasteiger charge is -2.21. The van der Waals surface area contributed by atoms with Crippen LogP contribution in [0.5, 0.6) is 11.5 Å². The third-order valence-electron chi connectivity index (χ3n) is 2.93. The standard InChI is InChI=1S/C14H23NO3/c1-6-18-13-8-7-12(9-14(13)17-5)15-10(2)11(3)16-4/h7-11,15H,6H2,1-5H3. The molecule has 0 saturated carbocycles. The molecule has 0 amide bonds. The maximum atomic E-state index is 5.48. The topological polar surface area (TPSA) is 39.7 Å². The van der Waals surface area contributed by atoms with Crippen molar-refractivity contribution in [2.45, 2.75) is 32.9 Å². The van der Waals surface area contributed by atoms with Gasteiger partial charge in [0.05, 0.1) is 19.8 Å². The molecule has 0 aliphatic rings. The van der Waals surface area contributed by atoms with E-state index >= 15 is 0 Å². The normalized spacial score (nSPS) is 13.8. The van der Waals surface area contributed by atoms with E-state index in [1.165, 1.54) is 0 Å². The van der Waals surface area contributed by atoms with Crippen LogP contribution in [0.3, 0.4) is 0 Å². The number of hydrogen-bond acceptors (Lipinski definition) is 4. The second-order valence-corrected chi connectivity index (χ2v) is 4.17. The Kier molecular flexibility index (Phi) is 5.78. The molecule has 0 bridgehead atoms. The van der Waals surface area contributed by atoms with E-state index in [9.17, 15) is 0 Å². The molecule has 0 aliphatic carbocycles. The maximum absolute atomic E-state index is 5.48. The molecular weight excluding hydrogens is 230 g/mol. The van der Waals surface area contributed by atoms with Gasteiger partial charge in [0.15, 0.2) is 11.5 Å². The summed E-state index contributed by atoms with van der Waals surface area (Å²) in [4.78, 5) is 0. The van der Waals surface area contributed by atoms with E-state index in [1.807, 2.05) is 32.0 Å². The second kappa shape index (κ2) is 7.11. The molecule has 18 heavy (non-hydrogen) atoms. The van der Waals surface area contributed by atoms with Gasteiger partial charge in [0.1, 0.15) is 0 Å². The van der Waals surface area contributed by atoms with Crippen molar-refractivity contribution in [2.75, 3.05) is 26.1 Å². The number of nitrogens with one attached hydrogen (secondary N) is 1. The molecule has 0 aliphatic heterocycles. The zero-order valence-electron chi connectivity index (χ0n) is 11.8. The molecule has 0 radical (unpaired) electrons. The Morgan fingerprint density at radius 3 is 2.44 bits per heavy atom. The van der Waals surface area contributed by atoms with Crippen molar-refractivity contribution in [1.82, 2.24) is 0 Å². The average molecular weight is 253 g/mol. The van der Waals surface area contributed by atoms with E-state index in [-0.39, 0.29) is 12.1 Å². The number of rotatable bonds is 7. The molecule has 0 aromatic heterocycles. The molecule has 1 N–H and O–H groups in total. The van der Waals surface area contributed by atoms with Gasteiger partial charge in [-0.3, -0.25) is 0 Å². The smallest absolute Gasteiger partial charge is 0.162 e. The van der Waals surface area contributed by atoms with Gasteiger partial charge < -0.3 is 19.5 Å².